The lowest BCUT2D eigenvalue weighted by molar-refractivity contribution is -0.133. The van der Waals surface area contributed by atoms with Crippen molar-refractivity contribution in [2.45, 2.75) is 26.2 Å². The fourth-order valence-electron chi connectivity index (χ4n) is 3.28. The molecular weight excluding hydrogens is 364 g/mol. The van der Waals surface area contributed by atoms with Gasteiger partial charge in [-0.25, -0.2) is 0 Å². The molecule has 3 rings (SSSR count). The van der Waals surface area contributed by atoms with Crippen LogP contribution in [0.15, 0.2) is 29.1 Å². The Hall–Kier alpha value is -3.29. The first-order chi connectivity index (χ1) is 13.4. The molecule has 0 aliphatic heterocycles. The van der Waals surface area contributed by atoms with E-state index in [1.165, 1.54) is 20.3 Å². The Morgan fingerprint density at radius 1 is 1.04 bits per heavy atom. The number of carbonyl (C=O) groups is 3. The van der Waals surface area contributed by atoms with Gasteiger partial charge in [0.15, 0.2) is 28.8 Å². The van der Waals surface area contributed by atoms with Crippen molar-refractivity contribution in [2.75, 3.05) is 14.2 Å². The van der Waals surface area contributed by atoms with Gasteiger partial charge in [0.1, 0.15) is 5.92 Å². The highest BCUT2D eigenvalue weighted by Crippen LogP contribution is 2.28. The van der Waals surface area contributed by atoms with Crippen molar-refractivity contribution in [1.29, 1.82) is 0 Å². The number of benzene rings is 1. The quantitative estimate of drug-likeness (QED) is 0.570. The number of hydrogen-bond donors (Lipinski definition) is 0. The predicted molar refractivity (Wildman–Crippen MR) is 99.4 cm³/mol. The molecular formula is C20H20N2O6. The van der Waals surface area contributed by atoms with Crippen LogP contribution in [0.1, 0.15) is 35.3 Å². The van der Waals surface area contributed by atoms with E-state index in [1.54, 1.807) is 25.1 Å². The van der Waals surface area contributed by atoms with E-state index in [-0.39, 0.29) is 18.4 Å². The highest BCUT2D eigenvalue weighted by Gasteiger charge is 2.38. The molecule has 8 heteroatoms. The molecule has 0 bridgehead atoms. The minimum Gasteiger partial charge on any atom is -0.493 e. The van der Waals surface area contributed by atoms with Gasteiger partial charge in [-0.3, -0.25) is 19.2 Å². The second kappa shape index (κ2) is 7.75. The molecule has 1 heterocycles. The van der Waals surface area contributed by atoms with Crippen molar-refractivity contribution >= 4 is 17.3 Å². The molecule has 1 aromatic carbocycles. The number of carbonyl (C=O) groups excluding carboxylic acids is 3. The van der Waals surface area contributed by atoms with Gasteiger partial charge in [-0.15, -0.1) is 0 Å². The molecule has 0 radical (unpaired) electrons. The molecule has 0 N–H and O–H groups in total. The van der Waals surface area contributed by atoms with E-state index >= 15 is 0 Å². The summed E-state index contributed by atoms with van der Waals surface area (Å²) in [5.41, 5.74) is -0.167. The summed E-state index contributed by atoms with van der Waals surface area (Å²) in [6.45, 7) is 1.62. The Labute approximate surface area is 161 Å². The van der Waals surface area contributed by atoms with Crippen molar-refractivity contribution < 1.29 is 23.9 Å². The summed E-state index contributed by atoms with van der Waals surface area (Å²) in [5, 5.41) is 4.19. The first kappa shape index (κ1) is 19.5. The van der Waals surface area contributed by atoms with Crippen LogP contribution in [0, 0.1) is 12.8 Å². The smallest absolute Gasteiger partial charge is 0.282 e. The molecule has 0 amide bonds. The van der Waals surface area contributed by atoms with Crippen LogP contribution in [0.2, 0.25) is 0 Å². The van der Waals surface area contributed by atoms with Crippen molar-refractivity contribution in [1.82, 2.24) is 9.78 Å². The zero-order valence-corrected chi connectivity index (χ0v) is 15.9. The number of hydrogen-bond acceptors (Lipinski definition) is 7. The number of ether oxygens (including phenoxy) is 2. The molecule has 1 aliphatic rings. The third-order valence-corrected chi connectivity index (χ3v) is 4.66. The van der Waals surface area contributed by atoms with Crippen LogP contribution in [0.4, 0.5) is 0 Å². The lowest BCUT2D eigenvalue weighted by Gasteiger charge is -2.18. The van der Waals surface area contributed by atoms with Crippen LogP contribution in [-0.2, 0) is 9.59 Å². The van der Waals surface area contributed by atoms with E-state index in [1.807, 2.05) is 0 Å². The zero-order chi connectivity index (χ0) is 20.4. The molecule has 0 saturated heterocycles. The van der Waals surface area contributed by atoms with Crippen LogP contribution >= 0.6 is 0 Å². The molecule has 1 saturated carbocycles. The summed E-state index contributed by atoms with van der Waals surface area (Å²) in [4.78, 5) is 50.1. The van der Waals surface area contributed by atoms with Crippen LogP contribution < -0.4 is 15.0 Å². The van der Waals surface area contributed by atoms with Gasteiger partial charge in [0.25, 0.3) is 5.56 Å². The lowest BCUT2D eigenvalue weighted by Crippen LogP contribution is -2.39. The van der Waals surface area contributed by atoms with Crippen molar-refractivity contribution in [3.05, 3.63) is 45.9 Å². The lowest BCUT2D eigenvalue weighted by atomic mass is 9.82. The van der Waals surface area contributed by atoms with Gasteiger partial charge < -0.3 is 9.47 Å². The maximum atomic E-state index is 13.0. The zero-order valence-electron chi connectivity index (χ0n) is 15.9. The second-order valence-corrected chi connectivity index (χ2v) is 6.54. The van der Waals surface area contributed by atoms with Gasteiger partial charge in [-0.1, -0.05) is 0 Å². The third-order valence-electron chi connectivity index (χ3n) is 4.66. The van der Waals surface area contributed by atoms with E-state index in [0.29, 0.717) is 29.3 Å². The number of aryl methyl sites for hydroxylation is 1. The second-order valence-electron chi connectivity index (χ2n) is 6.54. The maximum absolute atomic E-state index is 13.0. The molecule has 146 valence electrons. The largest absolute Gasteiger partial charge is 0.493 e. The highest BCUT2D eigenvalue weighted by molar-refractivity contribution is 6.25. The third kappa shape index (κ3) is 3.45. The first-order valence-electron chi connectivity index (χ1n) is 8.80. The number of aromatic nitrogens is 2. The average molecular weight is 384 g/mol. The Kier molecular flexibility index (Phi) is 5.39. The summed E-state index contributed by atoms with van der Waals surface area (Å²) < 4.78 is 11.5. The number of ketones is 3. The topological polar surface area (TPSA) is 105 Å². The summed E-state index contributed by atoms with van der Waals surface area (Å²) in [6.07, 6.45) is 0.763. The minimum absolute atomic E-state index is 0.163. The number of rotatable bonds is 5. The maximum Gasteiger partial charge on any atom is 0.282 e. The fourth-order valence-corrected chi connectivity index (χ4v) is 3.28. The Bertz CT molecular complexity index is 1010. The Morgan fingerprint density at radius 2 is 1.68 bits per heavy atom. The van der Waals surface area contributed by atoms with Gasteiger partial charge in [0.2, 0.25) is 0 Å². The monoisotopic (exact) mass is 384 g/mol. The Balaban J connectivity index is 2.11. The van der Waals surface area contributed by atoms with E-state index < -0.39 is 28.8 Å². The van der Waals surface area contributed by atoms with E-state index in [0.717, 1.165) is 4.68 Å². The molecule has 0 atom stereocenters. The molecule has 1 aliphatic carbocycles. The van der Waals surface area contributed by atoms with E-state index in [4.69, 9.17) is 9.47 Å². The van der Waals surface area contributed by atoms with Gasteiger partial charge in [-0.05, 0) is 31.5 Å². The van der Waals surface area contributed by atoms with Crippen molar-refractivity contribution in [2.24, 2.45) is 5.92 Å². The summed E-state index contributed by atoms with van der Waals surface area (Å²) >= 11 is 0. The molecule has 1 aromatic heterocycles. The number of Topliss-reactive ketones (excluding diaryl/α,β-unsaturated/α-hetero) is 3. The summed E-state index contributed by atoms with van der Waals surface area (Å²) in [6, 6.07) is 6.08. The Morgan fingerprint density at radius 3 is 2.29 bits per heavy atom. The number of nitrogens with zero attached hydrogens (tertiary/aromatic N) is 2. The van der Waals surface area contributed by atoms with Crippen LogP contribution in [-0.4, -0.2) is 41.3 Å². The number of methoxy groups -OCH3 is 2. The summed E-state index contributed by atoms with van der Waals surface area (Å²) in [5.74, 6) is -2.18. The normalized spacial score (nSPS) is 14.8. The molecule has 1 fully saturated rings. The standard InChI is InChI=1S/C20H20N2O6/c1-11-9-13(19(25)18-14(23)5-4-6-15(18)24)20(26)22(21-11)12-7-8-16(27-2)17(10-12)28-3/h7-10,18H,4-6H2,1-3H3. The highest BCUT2D eigenvalue weighted by atomic mass is 16.5. The SMILES string of the molecule is COc1ccc(-n2nc(C)cc(C(=O)C3C(=O)CCCC3=O)c2=O)cc1OC. The van der Waals surface area contributed by atoms with Crippen LogP contribution in [0.3, 0.4) is 0 Å². The molecule has 28 heavy (non-hydrogen) atoms. The van der Waals surface area contributed by atoms with E-state index in [2.05, 4.69) is 5.10 Å². The van der Waals surface area contributed by atoms with Gasteiger partial charge in [0.05, 0.1) is 31.2 Å². The minimum atomic E-state index is -1.40. The van der Waals surface area contributed by atoms with Crippen molar-refractivity contribution in [3.63, 3.8) is 0 Å². The molecule has 0 unspecified atom stereocenters. The average Bonchev–Trinajstić information content (AvgIpc) is 2.68. The molecule has 2 aromatic rings. The van der Waals surface area contributed by atoms with Gasteiger partial charge in [-0.2, -0.15) is 9.78 Å². The summed E-state index contributed by atoms with van der Waals surface area (Å²) in [7, 11) is 2.95. The van der Waals surface area contributed by atoms with Crippen molar-refractivity contribution in [3.8, 4) is 17.2 Å². The first-order valence-corrected chi connectivity index (χ1v) is 8.80. The predicted octanol–water partition coefficient (Wildman–Crippen LogP) is 1.68. The fraction of sp³-hybridized carbons (Fsp3) is 0.350. The van der Waals surface area contributed by atoms with E-state index in [9.17, 15) is 19.2 Å². The van der Waals surface area contributed by atoms with Gasteiger partial charge >= 0.3 is 0 Å². The molecule has 0 spiro atoms. The van der Waals surface area contributed by atoms with Crippen LogP contribution in [0.5, 0.6) is 11.5 Å². The van der Waals surface area contributed by atoms with Crippen LogP contribution in [0.25, 0.3) is 5.69 Å². The molecule has 8 nitrogen and oxygen atoms in total. The van der Waals surface area contributed by atoms with Gasteiger partial charge in [0, 0.05) is 18.9 Å².